The molecular weight excluding hydrogens is 577 g/mol. The zero-order valence-corrected chi connectivity index (χ0v) is 28.9. The van der Waals surface area contributed by atoms with Crippen molar-refractivity contribution < 1.29 is 18.4 Å². The molecule has 0 saturated heterocycles. The van der Waals surface area contributed by atoms with E-state index in [0.717, 1.165) is 33.3 Å². The van der Waals surface area contributed by atoms with Gasteiger partial charge in [-0.05, 0) is 43.7 Å². The van der Waals surface area contributed by atoms with E-state index in [1.54, 1.807) is 0 Å². The zero-order chi connectivity index (χ0) is 31.8. The van der Waals surface area contributed by atoms with E-state index in [0.29, 0.717) is 12.8 Å². The Bertz CT molecular complexity index is 1270. The molecule has 0 spiro atoms. The summed E-state index contributed by atoms with van der Waals surface area (Å²) in [4.78, 5) is 25.5. The van der Waals surface area contributed by atoms with E-state index in [1.165, 1.54) is 0 Å². The molecule has 230 valence electrons. The molecule has 0 radical (unpaired) electrons. The second-order valence-corrected chi connectivity index (χ2v) is 22.0. The van der Waals surface area contributed by atoms with Crippen LogP contribution in [0, 0.1) is 0 Å². The van der Waals surface area contributed by atoms with Gasteiger partial charge in [-0.3, -0.25) is 0 Å². The molecule has 44 heavy (non-hydrogen) atoms. The molecule has 0 amide bonds. The Morgan fingerprint density at radius 3 is 0.886 bits per heavy atom. The van der Waals surface area contributed by atoms with Gasteiger partial charge in [-0.25, -0.2) is 0 Å². The molecule has 0 N–H and O–H groups in total. The second kappa shape index (κ2) is 14.1. The highest BCUT2D eigenvalue weighted by Gasteiger charge is 2.53. The van der Waals surface area contributed by atoms with Crippen molar-refractivity contribution in [2.45, 2.75) is 76.7 Å². The Morgan fingerprint density at radius 2 is 0.705 bits per heavy atom. The van der Waals surface area contributed by atoms with Gasteiger partial charge in [0, 0.05) is 0 Å². The van der Waals surface area contributed by atoms with Crippen molar-refractivity contribution in [1.82, 2.24) is 0 Å². The molecule has 0 aliphatic carbocycles. The number of aldehydes is 2. The largest absolute Gasteiger partial charge is 0.398 e. The molecule has 0 heterocycles. The van der Waals surface area contributed by atoms with Crippen LogP contribution in [0.2, 0.25) is 10.1 Å². The lowest BCUT2D eigenvalue weighted by Crippen LogP contribution is -2.68. The van der Waals surface area contributed by atoms with Crippen LogP contribution in [-0.4, -0.2) is 41.4 Å². The average Bonchev–Trinajstić information content (AvgIpc) is 3.03. The first-order valence-electron chi connectivity index (χ1n) is 15.5. The molecule has 0 aromatic heterocycles. The smallest absolute Gasteiger partial charge is 0.262 e. The average molecular weight is 623 g/mol. The van der Waals surface area contributed by atoms with Crippen LogP contribution in [0.3, 0.4) is 0 Å². The van der Waals surface area contributed by atoms with Crippen molar-refractivity contribution in [3.63, 3.8) is 0 Å². The van der Waals surface area contributed by atoms with Crippen LogP contribution in [-0.2, 0) is 18.4 Å². The van der Waals surface area contributed by atoms with E-state index in [4.69, 9.17) is 8.85 Å². The minimum absolute atomic E-state index is 0.271. The van der Waals surface area contributed by atoms with Gasteiger partial charge in [-0.2, -0.15) is 0 Å². The summed E-state index contributed by atoms with van der Waals surface area (Å²) in [5.74, 6) is 0. The van der Waals surface area contributed by atoms with Gasteiger partial charge in [0.2, 0.25) is 0 Å². The minimum Gasteiger partial charge on any atom is -0.398 e. The van der Waals surface area contributed by atoms with Crippen LogP contribution in [0.4, 0.5) is 0 Å². The van der Waals surface area contributed by atoms with Crippen LogP contribution in [0.5, 0.6) is 0 Å². The minimum atomic E-state index is -2.95. The summed E-state index contributed by atoms with van der Waals surface area (Å²) in [6.07, 6.45) is 1.15. The molecular formula is C38H46O4Si2. The Morgan fingerprint density at radius 1 is 0.477 bits per heavy atom. The number of rotatable bonds is 13. The molecule has 4 aromatic rings. The maximum Gasteiger partial charge on any atom is 0.262 e. The normalized spacial score (nSPS) is 14.0. The van der Waals surface area contributed by atoms with Gasteiger partial charge in [0.05, 0.1) is 0 Å². The highest BCUT2D eigenvalue weighted by molar-refractivity contribution is 7.00. The quantitative estimate of drug-likeness (QED) is 0.135. The van der Waals surface area contributed by atoms with E-state index in [2.05, 4.69) is 90.1 Å². The molecule has 0 aliphatic heterocycles. The lowest BCUT2D eigenvalue weighted by Gasteiger charge is -2.45. The Balaban J connectivity index is 1.70. The summed E-state index contributed by atoms with van der Waals surface area (Å²) in [6, 6.07) is 41.2. The van der Waals surface area contributed by atoms with E-state index >= 15 is 0 Å². The zero-order valence-electron chi connectivity index (χ0n) is 26.9. The van der Waals surface area contributed by atoms with Crippen LogP contribution >= 0.6 is 0 Å². The number of hydrogen-bond acceptors (Lipinski definition) is 4. The van der Waals surface area contributed by atoms with Crippen molar-refractivity contribution in [2.24, 2.45) is 0 Å². The maximum absolute atomic E-state index is 12.7. The van der Waals surface area contributed by atoms with E-state index < -0.39 is 28.8 Å². The summed E-state index contributed by atoms with van der Waals surface area (Å²) in [5, 5.41) is 3.91. The SMILES string of the molecule is CC(C)(C)[Si](O[C@H](C=O)CC[C@H](C=O)O[Si](c1ccccc1)(c1ccccc1)C(C)(C)C)(c1ccccc1)c1ccccc1. The molecule has 0 aliphatic rings. The van der Waals surface area contributed by atoms with Crippen molar-refractivity contribution in [2.75, 3.05) is 0 Å². The molecule has 4 nitrogen and oxygen atoms in total. The third-order valence-electron chi connectivity index (χ3n) is 8.53. The Labute approximate surface area is 265 Å². The molecule has 4 rings (SSSR count). The number of carbonyl (C=O) groups is 2. The fraction of sp³-hybridized carbons (Fsp3) is 0.316. The standard InChI is InChI=1S/C38H46O4Si2/c1-37(2,3)43(33-19-11-7-12-20-33,34-21-13-8-14-22-34)41-31(29-39)27-28-32(30-40)42-44(38(4,5)6,35-23-15-9-16-24-35)36-25-17-10-18-26-36/h7-26,29-32H,27-28H2,1-6H3/t31-,32+. The van der Waals surface area contributed by atoms with E-state index in [9.17, 15) is 9.59 Å². The number of carbonyl (C=O) groups excluding carboxylic acids is 2. The fourth-order valence-electron chi connectivity index (χ4n) is 6.47. The van der Waals surface area contributed by atoms with Crippen LogP contribution in [0.1, 0.15) is 54.4 Å². The fourth-order valence-corrected chi connectivity index (χ4v) is 15.8. The number of benzene rings is 4. The summed E-state index contributed by atoms with van der Waals surface area (Å²) in [5.41, 5.74) is 0. The highest BCUT2D eigenvalue weighted by atomic mass is 28.4. The summed E-state index contributed by atoms with van der Waals surface area (Å²) in [6.45, 7) is 13.2. The molecule has 2 atom stereocenters. The summed E-state index contributed by atoms with van der Waals surface area (Å²) >= 11 is 0. The van der Waals surface area contributed by atoms with Gasteiger partial charge >= 0.3 is 0 Å². The predicted octanol–water partition coefficient (Wildman–Crippen LogP) is 6.05. The van der Waals surface area contributed by atoms with Crippen molar-refractivity contribution in [1.29, 1.82) is 0 Å². The molecule has 0 fully saturated rings. The summed E-state index contributed by atoms with van der Waals surface area (Å²) in [7, 11) is -5.90. The van der Waals surface area contributed by atoms with E-state index in [1.807, 2.05) is 72.8 Å². The maximum atomic E-state index is 12.7. The van der Waals surface area contributed by atoms with Crippen LogP contribution in [0.15, 0.2) is 121 Å². The lowest BCUT2D eigenvalue weighted by atomic mass is 10.1. The van der Waals surface area contributed by atoms with Crippen molar-refractivity contribution in [3.8, 4) is 0 Å². The first-order valence-corrected chi connectivity index (χ1v) is 19.3. The van der Waals surface area contributed by atoms with Crippen LogP contribution < -0.4 is 20.7 Å². The van der Waals surface area contributed by atoms with Crippen molar-refractivity contribution >= 4 is 50.0 Å². The molecule has 6 heteroatoms. The van der Waals surface area contributed by atoms with Crippen molar-refractivity contribution in [3.05, 3.63) is 121 Å². The molecule has 0 saturated carbocycles. The Kier molecular flexibility index (Phi) is 10.7. The first kappa shape index (κ1) is 33.5. The third kappa shape index (κ3) is 6.79. The van der Waals surface area contributed by atoms with Gasteiger partial charge in [-0.15, -0.1) is 0 Å². The third-order valence-corrected chi connectivity index (χ3v) is 18.7. The van der Waals surface area contributed by atoms with Gasteiger partial charge in [0.1, 0.15) is 24.8 Å². The Hall–Kier alpha value is -3.43. The molecule has 4 aromatic carbocycles. The first-order chi connectivity index (χ1) is 21.0. The monoisotopic (exact) mass is 622 g/mol. The topological polar surface area (TPSA) is 52.6 Å². The number of hydrogen-bond donors (Lipinski definition) is 0. The van der Waals surface area contributed by atoms with Gasteiger partial charge in [0.15, 0.2) is 0 Å². The molecule has 0 bridgehead atoms. The van der Waals surface area contributed by atoms with Gasteiger partial charge in [0.25, 0.3) is 16.6 Å². The van der Waals surface area contributed by atoms with E-state index in [-0.39, 0.29) is 10.1 Å². The highest BCUT2D eigenvalue weighted by Crippen LogP contribution is 2.39. The van der Waals surface area contributed by atoms with Gasteiger partial charge < -0.3 is 18.4 Å². The predicted molar refractivity (Wildman–Crippen MR) is 186 cm³/mol. The molecule has 0 unspecified atom stereocenters. The van der Waals surface area contributed by atoms with Crippen LogP contribution in [0.25, 0.3) is 0 Å². The summed E-state index contributed by atoms with van der Waals surface area (Å²) < 4.78 is 14.2. The van der Waals surface area contributed by atoms with Gasteiger partial charge in [-0.1, -0.05) is 163 Å². The second-order valence-electron chi connectivity index (χ2n) is 13.5. The lowest BCUT2D eigenvalue weighted by molar-refractivity contribution is -0.117.